The Kier molecular flexibility index (Phi) is 11.0. The number of nitrogens with zero attached hydrogens (tertiary/aromatic N) is 4. The highest BCUT2D eigenvalue weighted by Crippen LogP contribution is 2.28. The quantitative estimate of drug-likeness (QED) is 0.166. The van der Waals surface area contributed by atoms with Crippen molar-refractivity contribution >= 4 is 49.1 Å². The molecule has 0 bridgehead atoms. The van der Waals surface area contributed by atoms with Gasteiger partial charge in [-0.05, 0) is 42.0 Å². The highest BCUT2D eigenvalue weighted by atomic mass is 32.2. The van der Waals surface area contributed by atoms with Crippen LogP contribution in [0.4, 0.5) is 4.39 Å². The van der Waals surface area contributed by atoms with E-state index in [-0.39, 0.29) is 36.4 Å². The molecule has 220 valence electrons. The van der Waals surface area contributed by atoms with Crippen LogP contribution in [0, 0.1) is 0 Å². The van der Waals surface area contributed by atoms with E-state index in [1.807, 2.05) is 18.2 Å². The van der Waals surface area contributed by atoms with Gasteiger partial charge >= 0.3 is 0 Å². The highest BCUT2D eigenvalue weighted by molar-refractivity contribution is 7.98. The minimum Gasteiger partial charge on any atom is -0.491 e. The summed E-state index contributed by atoms with van der Waals surface area (Å²) in [6.45, 7) is -0.615. The monoisotopic (exact) mass is 623 g/mol. The molecule has 0 aliphatic carbocycles. The summed E-state index contributed by atoms with van der Waals surface area (Å²) in [5, 5.41) is 22.9. The van der Waals surface area contributed by atoms with E-state index in [1.165, 1.54) is 4.68 Å². The Morgan fingerprint density at radius 1 is 1.20 bits per heavy atom. The second-order valence-electron chi connectivity index (χ2n) is 8.97. The number of fused-ring (bicyclic) bond motifs is 1. The Labute approximate surface area is 244 Å². The van der Waals surface area contributed by atoms with Gasteiger partial charge in [-0.2, -0.15) is 11.8 Å². The number of ether oxygens (including phenoxy) is 2. The largest absolute Gasteiger partial charge is 0.491 e. The molecule has 0 aliphatic heterocycles. The van der Waals surface area contributed by atoms with Crippen molar-refractivity contribution in [1.82, 2.24) is 20.0 Å². The van der Waals surface area contributed by atoms with Gasteiger partial charge in [-0.25, -0.2) is 27.6 Å². The van der Waals surface area contributed by atoms with Crippen LogP contribution in [0.15, 0.2) is 53.0 Å². The van der Waals surface area contributed by atoms with Crippen molar-refractivity contribution < 1.29 is 32.2 Å². The number of rotatable bonds is 17. The average molecular weight is 624 g/mol. The first kappa shape index (κ1) is 30.8. The van der Waals surface area contributed by atoms with Crippen molar-refractivity contribution in [3.63, 3.8) is 0 Å². The van der Waals surface area contributed by atoms with Crippen molar-refractivity contribution in [3.05, 3.63) is 59.9 Å². The molecule has 0 amide bonds. The third kappa shape index (κ3) is 8.94. The summed E-state index contributed by atoms with van der Waals surface area (Å²) < 4.78 is 48.4. The van der Waals surface area contributed by atoms with Crippen molar-refractivity contribution in [2.24, 2.45) is 5.14 Å². The standard InChI is InChI=1S/C26H30FN5O6S3/c27-9-11-37-20-4-1-3-18(13-20)17-39-12-2-5-24(34)23(8-10-33)32-15-19(30-31-32)16-38-21-6-7-25-22(14-21)29-26(40-25)41(28,35)36/h1,3-4,6-7,13-15,23,33H,2,5,8-12,16-17H2,(H2,28,35,36). The van der Waals surface area contributed by atoms with Gasteiger partial charge in [0.05, 0.1) is 16.4 Å². The molecule has 4 aromatic rings. The van der Waals surface area contributed by atoms with E-state index >= 15 is 0 Å². The molecule has 1 unspecified atom stereocenters. The molecule has 2 heterocycles. The molecule has 2 aromatic heterocycles. The van der Waals surface area contributed by atoms with Gasteiger partial charge in [-0.3, -0.25) is 4.79 Å². The molecule has 0 spiro atoms. The Morgan fingerprint density at radius 2 is 2.02 bits per heavy atom. The van der Waals surface area contributed by atoms with Gasteiger partial charge in [-0.15, -0.1) is 16.4 Å². The number of alkyl halides is 1. The van der Waals surface area contributed by atoms with Crippen molar-refractivity contribution in [3.8, 4) is 11.5 Å². The fourth-order valence-electron chi connectivity index (χ4n) is 3.94. The van der Waals surface area contributed by atoms with E-state index in [4.69, 9.17) is 14.6 Å². The van der Waals surface area contributed by atoms with Crippen LogP contribution in [0.5, 0.6) is 11.5 Å². The molecule has 0 saturated heterocycles. The summed E-state index contributed by atoms with van der Waals surface area (Å²) >= 11 is 2.67. The maximum absolute atomic E-state index is 13.0. The molecule has 41 heavy (non-hydrogen) atoms. The van der Waals surface area contributed by atoms with E-state index in [9.17, 15) is 22.7 Å². The number of ketones is 1. The van der Waals surface area contributed by atoms with Gasteiger partial charge in [0, 0.05) is 31.3 Å². The molecular formula is C26H30FN5O6S3. The number of sulfonamides is 1. The molecule has 3 N–H and O–H groups in total. The van der Waals surface area contributed by atoms with Gasteiger partial charge in [0.15, 0.2) is 5.78 Å². The number of aliphatic hydroxyl groups excluding tert-OH is 1. The molecule has 4 rings (SSSR count). The van der Waals surface area contributed by atoms with E-state index in [0.29, 0.717) is 40.3 Å². The number of aliphatic hydroxyl groups is 1. The number of aromatic nitrogens is 4. The lowest BCUT2D eigenvalue weighted by molar-refractivity contribution is -0.123. The Bertz CT molecular complexity index is 1560. The number of nitrogens with two attached hydrogens (primary N) is 1. The summed E-state index contributed by atoms with van der Waals surface area (Å²) in [5.41, 5.74) is 1.99. The summed E-state index contributed by atoms with van der Waals surface area (Å²) in [6, 6.07) is 11.9. The number of benzene rings is 2. The lowest BCUT2D eigenvalue weighted by Crippen LogP contribution is -2.21. The number of Topliss-reactive ketones (excluding diaryl/α,β-unsaturated/α-hetero) is 1. The molecule has 0 radical (unpaired) electrons. The third-order valence-electron chi connectivity index (χ3n) is 5.85. The summed E-state index contributed by atoms with van der Waals surface area (Å²) in [5.74, 6) is 2.57. The van der Waals surface area contributed by atoms with Gasteiger partial charge in [-0.1, -0.05) is 17.3 Å². The minimum atomic E-state index is -3.89. The van der Waals surface area contributed by atoms with Gasteiger partial charge in [0.25, 0.3) is 10.0 Å². The zero-order chi connectivity index (χ0) is 29.2. The average Bonchev–Trinajstić information content (AvgIpc) is 3.61. The second-order valence-corrected chi connectivity index (χ2v) is 12.8. The molecular weight excluding hydrogens is 594 g/mol. The number of hydrogen-bond donors (Lipinski definition) is 2. The number of primary sulfonamides is 1. The fraction of sp³-hybridized carbons (Fsp3) is 0.385. The summed E-state index contributed by atoms with van der Waals surface area (Å²) in [6.07, 6.45) is 2.83. The maximum Gasteiger partial charge on any atom is 0.265 e. The van der Waals surface area contributed by atoms with Crippen LogP contribution in [0.2, 0.25) is 0 Å². The number of hydrogen-bond acceptors (Lipinski definition) is 11. The zero-order valence-corrected chi connectivity index (χ0v) is 24.5. The predicted octanol–water partition coefficient (Wildman–Crippen LogP) is 3.67. The molecule has 1 atom stereocenters. The first-order valence-corrected chi connectivity index (χ1v) is 16.2. The van der Waals surface area contributed by atoms with Gasteiger partial charge < -0.3 is 14.6 Å². The summed E-state index contributed by atoms with van der Waals surface area (Å²) in [4.78, 5) is 17.0. The van der Waals surface area contributed by atoms with Crippen LogP contribution in [0.3, 0.4) is 0 Å². The number of carbonyl (C=O) groups excluding carboxylic acids is 1. The molecule has 0 saturated carbocycles. The smallest absolute Gasteiger partial charge is 0.265 e. The normalized spacial score (nSPS) is 12.5. The maximum atomic E-state index is 13.0. The van der Waals surface area contributed by atoms with Crippen LogP contribution >= 0.6 is 23.1 Å². The van der Waals surface area contributed by atoms with Crippen molar-refractivity contribution in [2.45, 2.75) is 42.0 Å². The van der Waals surface area contributed by atoms with Gasteiger partial charge in [0.2, 0.25) is 4.34 Å². The minimum absolute atomic E-state index is 0.0314. The van der Waals surface area contributed by atoms with Crippen LogP contribution in [0.25, 0.3) is 10.2 Å². The number of halogens is 1. The Hall–Kier alpha value is -3.11. The Balaban J connectivity index is 1.26. The van der Waals surface area contributed by atoms with Crippen LogP contribution in [-0.2, 0) is 27.2 Å². The number of carbonyl (C=O) groups is 1. The van der Waals surface area contributed by atoms with E-state index in [1.54, 1.807) is 42.2 Å². The predicted molar refractivity (Wildman–Crippen MR) is 154 cm³/mol. The lowest BCUT2D eigenvalue weighted by Gasteiger charge is -2.14. The number of thiazole rings is 1. The van der Waals surface area contributed by atoms with Crippen molar-refractivity contribution in [2.75, 3.05) is 25.6 Å². The first-order chi connectivity index (χ1) is 19.8. The lowest BCUT2D eigenvalue weighted by atomic mass is 10.1. The van der Waals surface area contributed by atoms with Crippen LogP contribution < -0.4 is 14.6 Å². The van der Waals surface area contributed by atoms with Crippen LogP contribution in [-0.4, -0.2) is 64.9 Å². The second kappa shape index (κ2) is 14.7. The van der Waals surface area contributed by atoms with Crippen molar-refractivity contribution in [1.29, 1.82) is 0 Å². The Morgan fingerprint density at radius 3 is 2.80 bits per heavy atom. The highest BCUT2D eigenvalue weighted by Gasteiger charge is 2.21. The van der Waals surface area contributed by atoms with E-state index in [2.05, 4.69) is 15.3 Å². The van der Waals surface area contributed by atoms with E-state index in [0.717, 1.165) is 28.4 Å². The first-order valence-electron chi connectivity index (χ1n) is 12.7. The SMILES string of the molecule is NS(=O)(=O)c1nc2cc(OCc3cn(C(CCO)C(=O)CCCSCc4cccc(OCCF)c4)nn3)ccc2s1. The zero-order valence-electron chi connectivity index (χ0n) is 22.0. The number of thioether (sulfide) groups is 1. The molecule has 2 aromatic carbocycles. The molecule has 15 heteroatoms. The molecule has 11 nitrogen and oxygen atoms in total. The van der Waals surface area contributed by atoms with Crippen LogP contribution in [0.1, 0.15) is 36.6 Å². The topological polar surface area (TPSA) is 160 Å². The van der Waals surface area contributed by atoms with Gasteiger partial charge in [0.1, 0.15) is 43.1 Å². The third-order valence-corrected chi connectivity index (χ3v) is 9.32. The van der Waals surface area contributed by atoms with E-state index < -0.39 is 22.7 Å². The fourth-order valence-corrected chi connectivity index (χ4v) is 6.48. The molecule has 0 aliphatic rings. The summed E-state index contributed by atoms with van der Waals surface area (Å²) in [7, 11) is -3.89. The molecule has 0 fully saturated rings.